The van der Waals surface area contributed by atoms with Crippen LogP contribution in [0.3, 0.4) is 0 Å². The van der Waals surface area contributed by atoms with Gasteiger partial charge in [0.1, 0.15) is 5.82 Å². The van der Waals surface area contributed by atoms with Crippen molar-refractivity contribution in [2.24, 2.45) is 11.7 Å². The Morgan fingerprint density at radius 1 is 1.47 bits per heavy atom. The third-order valence-electron chi connectivity index (χ3n) is 3.09. The van der Waals surface area contributed by atoms with Gasteiger partial charge in [-0.25, -0.2) is 4.98 Å². The van der Waals surface area contributed by atoms with Crippen LogP contribution < -0.4 is 10.6 Å². The van der Waals surface area contributed by atoms with Gasteiger partial charge >= 0.3 is 0 Å². The maximum absolute atomic E-state index is 5.77. The maximum Gasteiger partial charge on any atom is 0.128 e. The first-order valence-corrected chi connectivity index (χ1v) is 5.54. The van der Waals surface area contributed by atoms with Crippen molar-refractivity contribution < 1.29 is 0 Å². The van der Waals surface area contributed by atoms with Crippen molar-refractivity contribution in [3.05, 3.63) is 23.9 Å². The van der Waals surface area contributed by atoms with E-state index in [0.717, 1.165) is 31.1 Å². The number of hydrogen-bond donors (Lipinski definition) is 1. The van der Waals surface area contributed by atoms with E-state index in [1.807, 2.05) is 6.20 Å². The Morgan fingerprint density at radius 3 is 2.73 bits per heavy atom. The summed E-state index contributed by atoms with van der Waals surface area (Å²) < 4.78 is 0. The maximum atomic E-state index is 5.77. The van der Waals surface area contributed by atoms with Crippen molar-refractivity contribution in [3.8, 4) is 0 Å². The van der Waals surface area contributed by atoms with Gasteiger partial charge < -0.3 is 10.6 Å². The summed E-state index contributed by atoms with van der Waals surface area (Å²) in [6, 6.07) is 4.62. The Balaban J connectivity index is 1.90. The number of aromatic nitrogens is 1. The van der Waals surface area contributed by atoms with E-state index in [-0.39, 0.29) is 0 Å². The number of rotatable bonds is 3. The molecule has 3 nitrogen and oxygen atoms in total. The lowest BCUT2D eigenvalue weighted by atomic mass is 9.80. The fourth-order valence-electron chi connectivity index (χ4n) is 2.10. The summed E-state index contributed by atoms with van der Waals surface area (Å²) in [5.41, 5.74) is 6.98. The van der Waals surface area contributed by atoms with Gasteiger partial charge in [-0.15, -0.1) is 0 Å². The minimum atomic E-state index is 0.439. The van der Waals surface area contributed by atoms with Gasteiger partial charge in [-0.2, -0.15) is 0 Å². The molecule has 0 amide bonds. The second-order valence-corrected chi connectivity index (χ2v) is 4.67. The summed E-state index contributed by atoms with van der Waals surface area (Å²) in [5, 5.41) is 0. The molecule has 1 aliphatic rings. The van der Waals surface area contributed by atoms with Crippen LogP contribution in [0, 0.1) is 12.8 Å². The molecule has 3 heteroatoms. The highest BCUT2D eigenvalue weighted by Crippen LogP contribution is 2.27. The fourth-order valence-corrected chi connectivity index (χ4v) is 2.10. The molecular weight excluding hydrogens is 186 g/mol. The van der Waals surface area contributed by atoms with Gasteiger partial charge in [-0.05, 0) is 37.3 Å². The second-order valence-electron chi connectivity index (χ2n) is 4.67. The van der Waals surface area contributed by atoms with Gasteiger partial charge in [-0.3, -0.25) is 0 Å². The molecule has 2 rings (SSSR count). The molecule has 0 atom stereocenters. The number of anilines is 1. The predicted octanol–water partition coefficient (Wildman–Crippen LogP) is 1.56. The average molecular weight is 205 g/mol. The Morgan fingerprint density at radius 2 is 2.20 bits per heavy atom. The molecule has 0 spiro atoms. The topological polar surface area (TPSA) is 42.1 Å². The zero-order valence-corrected chi connectivity index (χ0v) is 9.48. The minimum Gasteiger partial charge on any atom is -0.359 e. The van der Waals surface area contributed by atoms with Crippen molar-refractivity contribution in [3.63, 3.8) is 0 Å². The van der Waals surface area contributed by atoms with E-state index in [1.54, 1.807) is 0 Å². The number of nitrogens with two attached hydrogens (primary N) is 1. The van der Waals surface area contributed by atoms with Crippen molar-refractivity contribution in [2.75, 3.05) is 18.5 Å². The Labute approximate surface area is 91.3 Å². The summed E-state index contributed by atoms with van der Waals surface area (Å²) in [6.07, 6.45) is 4.24. The van der Waals surface area contributed by atoms with Crippen molar-refractivity contribution in [1.82, 2.24) is 4.98 Å². The van der Waals surface area contributed by atoms with Crippen LogP contribution in [0.25, 0.3) is 0 Å². The zero-order chi connectivity index (χ0) is 10.8. The summed E-state index contributed by atoms with van der Waals surface area (Å²) in [4.78, 5) is 6.62. The molecule has 2 N–H and O–H groups in total. The molecule has 1 saturated carbocycles. The standard InChI is InChI=1S/C12H19N3/c1-9-3-4-12(14-7-9)15(2)8-10-5-11(13)6-10/h3-4,7,10-11H,5-6,8,13H2,1-2H3. The summed E-state index contributed by atoms with van der Waals surface area (Å²) >= 11 is 0. The Kier molecular flexibility index (Phi) is 2.91. The number of aryl methyl sites for hydroxylation is 1. The predicted molar refractivity (Wildman–Crippen MR) is 62.9 cm³/mol. The largest absolute Gasteiger partial charge is 0.359 e. The highest BCUT2D eigenvalue weighted by molar-refractivity contribution is 5.38. The monoisotopic (exact) mass is 205 g/mol. The van der Waals surface area contributed by atoms with Crippen molar-refractivity contribution in [2.45, 2.75) is 25.8 Å². The summed E-state index contributed by atoms with van der Waals surface area (Å²) in [7, 11) is 2.10. The summed E-state index contributed by atoms with van der Waals surface area (Å²) in [5.74, 6) is 1.81. The molecule has 0 aromatic carbocycles. The first-order chi connectivity index (χ1) is 7.15. The quantitative estimate of drug-likeness (QED) is 0.814. The molecule has 1 aromatic rings. The first-order valence-electron chi connectivity index (χ1n) is 5.54. The third-order valence-corrected chi connectivity index (χ3v) is 3.09. The van der Waals surface area contributed by atoms with E-state index in [9.17, 15) is 0 Å². The second kappa shape index (κ2) is 4.19. The molecule has 1 heterocycles. The number of hydrogen-bond acceptors (Lipinski definition) is 3. The molecule has 15 heavy (non-hydrogen) atoms. The summed E-state index contributed by atoms with van der Waals surface area (Å²) in [6.45, 7) is 3.13. The molecule has 1 aliphatic carbocycles. The third kappa shape index (κ3) is 2.48. The van der Waals surface area contributed by atoms with E-state index in [1.165, 1.54) is 5.56 Å². The van der Waals surface area contributed by atoms with Crippen molar-refractivity contribution in [1.29, 1.82) is 0 Å². The molecular formula is C12H19N3. The van der Waals surface area contributed by atoms with Gasteiger partial charge in [0.15, 0.2) is 0 Å². The van der Waals surface area contributed by atoms with Gasteiger partial charge in [0.2, 0.25) is 0 Å². The fraction of sp³-hybridized carbons (Fsp3) is 0.583. The van der Waals surface area contributed by atoms with Crippen molar-refractivity contribution >= 4 is 5.82 Å². The molecule has 0 radical (unpaired) electrons. The lowest BCUT2D eigenvalue weighted by Crippen LogP contribution is -2.42. The molecule has 0 saturated heterocycles. The Hall–Kier alpha value is -1.09. The molecule has 0 bridgehead atoms. The molecule has 1 fully saturated rings. The van der Waals surface area contributed by atoms with Crippen LogP contribution in [0.15, 0.2) is 18.3 Å². The highest BCUT2D eigenvalue weighted by Gasteiger charge is 2.26. The highest BCUT2D eigenvalue weighted by atomic mass is 15.2. The van der Waals surface area contributed by atoms with E-state index < -0.39 is 0 Å². The van der Waals surface area contributed by atoms with E-state index in [2.05, 4.69) is 36.0 Å². The van der Waals surface area contributed by atoms with Crippen LogP contribution in [0.1, 0.15) is 18.4 Å². The molecule has 0 aliphatic heterocycles. The Bertz CT molecular complexity index is 314. The smallest absolute Gasteiger partial charge is 0.128 e. The van der Waals surface area contributed by atoms with Gasteiger partial charge in [0.25, 0.3) is 0 Å². The SMILES string of the molecule is Cc1ccc(N(C)CC2CC(N)C2)nc1. The van der Waals surface area contributed by atoms with E-state index in [0.29, 0.717) is 6.04 Å². The first kappa shape index (κ1) is 10.4. The van der Waals surface area contributed by atoms with Crippen LogP contribution in [0.2, 0.25) is 0 Å². The average Bonchev–Trinajstić information content (AvgIpc) is 2.16. The van der Waals surface area contributed by atoms with E-state index in [4.69, 9.17) is 5.73 Å². The molecule has 82 valence electrons. The van der Waals surface area contributed by atoms with Crippen LogP contribution >= 0.6 is 0 Å². The molecule has 1 aromatic heterocycles. The van der Waals surface area contributed by atoms with Crippen LogP contribution in [0.5, 0.6) is 0 Å². The minimum absolute atomic E-state index is 0.439. The number of nitrogens with zero attached hydrogens (tertiary/aromatic N) is 2. The van der Waals surface area contributed by atoms with Gasteiger partial charge in [0, 0.05) is 25.8 Å². The van der Waals surface area contributed by atoms with Crippen LogP contribution in [0.4, 0.5) is 5.82 Å². The van der Waals surface area contributed by atoms with Crippen LogP contribution in [-0.2, 0) is 0 Å². The number of pyridine rings is 1. The molecule has 0 unspecified atom stereocenters. The lowest BCUT2D eigenvalue weighted by molar-refractivity contribution is 0.270. The lowest BCUT2D eigenvalue weighted by Gasteiger charge is -2.35. The van der Waals surface area contributed by atoms with Gasteiger partial charge in [-0.1, -0.05) is 6.07 Å². The normalized spacial score (nSPS) is 24.7. The van der Waals surface area contributed by atoms with E-state index >= 15 is 0 Å². The van der Waals surface area contributed by atoms with Crippen LogP contribution in [-0.4, -0.2) is 24.6 Å². The van der Waals surface area contributed by atoms with Gasteiger partial charge in [0.05, 0.1) is 0 Å². The zero-order valence-electron chi connectivity index (χ0n) is 9.48.